The normalized spacial score (nSPS) is 11.5. The number of hydrogen-bond donors (Lipinski definition) is 1. The van der Waals surface area contributed by atoms with E-state index in [-0.39, 0.29) is 22.7 Å². The molecule has 0 saturated carbocycles. The minimum absolute atomic E-state index is 0.00231. The number of hydrogen-bond acceptors (Lipinski definition) is 4. The van der Waals surface area contributed by atoms with Gasteiger partial charge in [-0.2, -0.15) is 0 Å². The number of carbonyl (C=O) groups excluding carboxylic acids is 1. The molecule has 0 unspecified atom stereocenters. The lowest BCUT2D eigenvalue weighted by Crippen LogP contribution is -2.24. The Kier molecular flexibility index (Phi) is 6.10. The van der Waals surface area contributed by atoms with Gasteiger partial charge < -0.3 is 9.88 Å². The number of amides is 1. The van der Waals surface area contributed by atoms with Gasteiger partial charge in [-0.3, -0.25) is 9.59 Å². The summed E-state index contributed by atoms with van der Waals surface area (Å²) in [5, 5.41) is 3.25. The van der Waals surface area contributed by atoms with Gasteiger partial charge in [0.2, 0.25) is 21.2 Å². The first-order valence-corrected chi connectivity index (χ1v) is 12.0. The SMILES string of the molecule is Cc1ccc(S(=O)(=O)c2cn(CC(=O)Nc3ccccc3C)c3ccc(Cl)cc3c2=O)cc1. The van der Waals surface area contributed by atoms with E-state index in [2.05, 4.69) is 5.32 Å². The molecule has 0 aliphatic rings. The molecule has 0 aliphatic carbocycles. The second-order valence-electron chi connectivity index (χ2n) is 7.79. The number of halogens is 1. The van der Waals surface area contributed by atoms with Gasteiger partial charge in [-0.1, -0.05) is 47.5 Å². The van der Waals surface area contributed by atoms with Crippen molar-refractivity contribution in [3.8, 4) is 0 Å². The maximum atomic E-state index is 13.3. The number of rotatable bonds is 5. The van der Waals surface area contributed by atoms with E-state index >= 15 is 0 Å². The molecular formula is C25H21ClN2O4S. The number of nitrogens with zero attached hydrogens (tertiary/aromatic N) is 1. The van der Waals surface area contributed by atoms with Crippen molar-refractivity contribution in [3.63, 3.8) is 0 Å². The first kappa shape index (κ1) is 22.8. The Morgan fingerprint density at radius 1 is 1.00 bits per heavy atom. The predicted molar refractivity (Wildman–Crippen MR) is 130 cm³/mol. The highest BCUT2D eigenvalue weighted by molar-refractivity contribution is 7.91. The van der Waals surface area contributed by atoms with Crippen molar-refractivity contribution in [2.75, 3.05) is 5.32 Å². The second-order valence-corrected chi connectivity index (χ2v) is 10.1. The molecule has 4 aromatic rings. The fraction of sp³-hybridized carbons (Fsp3) is 0.120. The highest BCUT2D eigenvalue weighted by Crippen LogP contribution is 2.24. The Hall–Kier alpha value is -3.42. The molecule has 0 spiro atoms. The molecule has 1 N–H and O–H groups in total. The Labute approximate surface area is 196 Å². The van der Waals surface area contributed by atoms with Crippen LogP contribution in [0.25, 0.3) is 10.9 Å². The average Bonchev–Trinajstić information content (AvgIpc) is 2.77. The Balaban J connectivity index is 1.83. The molecule has 8 heteroatoms. The minimum atomic E-state index is -4.12. The maximum absolute atomic E-state index is 13.3. The van der Waals surface area contributed by atoms with Crippen molar-refractivity contribution in [2.45, 2.75) is 30.2 Å². The number of para-hydroxylation sites is 1. The van der Waals surface area contributed by atoms with Gasteiger partial charge >= 0.3 is 0 Å². The molecule has 0 atom stereocenters. The third-order valence-corrected chi connectivity index (χ3v) is 7.36. The summed E-state index contributed by atoms with van der Waals surface area (Å²) in [6.07, 6.45) is 1.23. The van der Waals surface area contributed by atoms with Gasteiger partial charge in [-0.05, 0) is 55.8 Å². The number of sulfone groups is 1. The molecule has 0 aliphatic heterocycles. The van der Waals surface area contributed by atoms with Gasteiger partial charge in [0.1, 0.15) is 11.4 Å². The lowest BCUT2D eigenvalue weighted by Gasteiger charge is -2.15. The van der Waals surface area contributed by atoms with Crippen LogP contribution in [-0.2, 0) is 21.2 Å². The summed E-state index contributed by atoms with van der Waals surface area (Å²) in [6.45, 7) is 3.52. The lowest BCUT2D eigenvalue weighted by atomic mass is 10.2. The molecule has 0 fully saturated rings. The second kappa shape index (κ2) is 8.84. The summed E-state index contributed by atoms with van der Waals surface area (Å²) in [4.78, 5) is 25.6. The van der Waals surface area contributed by atoms with E-state index in [1.807, 2.05) is 32.0 Å². The first-order chi connectivity index (χ1) is 15.7. The summed E-state index contributed by atoms with van der Waals surface area (Å²) >= 11 is 6.10. The molecule has 0 saturated heterocycles. The number of aromatic nitrogens is 1. The molecular weight excluding hydrogens is 460 g/mol. The van der Waals surface area contributed by atoms with Gasteiger partial charge in [0, 0.05) is 22.3 Å². The van der Waals surface area contributed by atoms with E-state index in [1.165, 1.54) is 29.0 Å². The van der Waals surface area contributed by atoms with Gasteiger partial charge in [0.25, 0.3) is 0 Å². The van der Waals surface area contributed by atoms with E-state index in [9.17, 15) is 18.0 Å². The van der Waals surface area contributed by atoms with Crippen LogP contribution in [0.3, 0.4) is 0 Å². The van der Waals surface area contributed by atoms with Crippen molar-refractivity contribution in [1.29, 1.82) is 0 Å². The van der Waals surface area contributed by atoms with Crippen LogP contribution < -0.4 is 10.7 Å². The molecule has 0 bridgehead atoms. The van der Waals surface area contributed by atoms with Crippen molar-refractivity contribution in [1.82, 2.24) is 4.57 Å². The van der Waals surface area contributed by atoms with Gasteiger partial charge in [0.05, 0.1) is 10.4 Å². The van der Waals surface area contributed by atoms with E-state index in [1.54, 1.807) is 30.3 Å². The van der Waals surface area contributed by atoms with Crippen LogP contribution in [0.2, 0.25) is 5.02 Å². The molecule has 1 amide bonds. The Morgan fingerprint density at radius 3 is 2.39 bits per heavy atom. The van der Waals surface area contributed by atoms with Crippen molar-refractivity contribution in [2.24, 2.45) is 0 Å². The van der Waals surface area contributed by atoms with Gasteiger partial charge in [-0.25, -0.2) is 8.42 Å². The zero-order chi connectivity index (χ0) is 23.8. The van der Waals surface area contributed by atoms with Crippen molar-refractivity contribution < 1.29 is 13.2 Å². The zero-order valence-electron chi connectivity index (χ0n) is 18.0. The smallest absolute Gasteiger partial charge is 0.244 e. The van der Waals surface area contributed by atoms with Crippen LogP contribution in [-0.4, -0.2) is 18.9 Å². The quantitative estimate of drug-likeness (QED) is 0.447. The fourth-order valence-corrected chi connectivity index (χ4v) is 5.11. The summed E-state index contributed by atoms with van der Waals surface area (Å²) in [6, 6.07) is 18.2. The third kappa shape index (κ3) is 4.55. The van der Waals surface area contributed by atoms with Gasteiger partial charge in [-0.15, -0.1) is 0 Å². The van der Waals surface area contributed by atoms with E-state index in [4.69, 9.17) is 11.6 Å². The summed E-state index contributed by atoms with van der Waals surface area (Å²) in [5.41, 5.74) is 2.19. The Morgan fingerprint density at radius 2 is 1.70 bits per heavy atom. The number of anilines is 1. The standard InChI is InChI=1S/C25H21ClN2O4S/c1-16-7-10-19(11-8-16)33(31,32)23-14-28(22-12-9-18(26)13-20(22)25(23)30)15-24(29)27-21-6-4-3-5-17(21)2/h3-14H,15H2,1-2H3,(H,27,29). The molecule has 1 aromatic heterocycles. The van der Waals surface area contributed by atoms with Crippen LogP contribution >= 0.6 is 11.6 Å². The number of aryl methyl sites for hydroxylation is 2. The first-order valence-electron chi connectivity index (χ1n) is 10.2. The monoisotopic (exact) mass is 480 g/mol. The topological polar surface area (TPSA) is 85.2 Å². The summed E-state index contributed by atoms with van der Waals surface area (Å²) in [5.74, 6) is -0.358. The Bertz CT molecular complexity index is 1540. The molecule has 3 aromatic carbocycles. The van der Waals surface area contributed by atoms with E-state index in [0.29, 0.717) is 16.2 Å². The zero-order valence-corrected chi connectivity index (χ0v) is 19.6. The lowest BCUT2D eigenvalue weighted by molar-refractivity contribution is -0.116. The number of fused-ring (bicyclic) bond motifs is 1. The predicted octanol–water partition coefficient (Wildman–Crippen LogP) is 4.74. The highest BCUT2D eigenvalue weighted by Gasteiger charge is 2.24. The highest BCUT2D eigenvalue weighted by atomic mass is 35.5. The summed E-state index contributed by atoms with van der Waals surface area (Å²) in [7, 11) is -4.12. The van der Waals surface area contributed by atoms with Crippen LogP contribution in [0.4, 0.5) is 5.69 Å². The summed E-state index contributed by atoms with van der Waals surface area (Å²) < 4.78 is 28.1. The third-order valence-electron chi connectivity index (χ3n) is 5.36. The van der Waals surface area contributed by atoms with E-state index < -0.39 is 20.2 Å². The number of benzene rings is 3. The van der Waals surface area contributed by atoms with Crippen molar-refractivity contribution in [3.05, 3.63) is 99.3 Å². The van der Waals surface area contributed by atoms with Crippen LogP contribution in [0.15, 0.2) is 87.5 Å². The molecule has 1 heterocycles. The molecule has 0 radical (unpaired) electrons. The molecule has 4 rings (SSSR count). The largest absolute Gasteiger partial charge is 0.336 e. The maximum Gasteiger partial charge on any atom is 0.244 e. The average molecular weight is 481 g/mol. The van der Waals surface area contributed by atoms with Crippen molar-refractivity contribution >= 4 is 43.9 Å². The number of pyridine rings is 1. The van der Waals surface area contributed by atoms with Crippen LogP contribution in [0, 0.1) is 13.8 Å². The van der Waals surface area contributed by atoms with E-state index in [0.717, 1.165) is 11.1 Å². The van der Waals surface area contributed by atoms with Gasteiger partial charge in [0.15, 0.2) is 0 Å². The molecule has 6 nitrogen and oxygen atoms in total. The minimum Gasteiger partial charge on any atom is -0.336 e. The number of carbonyl (C=O) groups is 1. The number of nitrogens with one attached hydrogen (secondary N) is 1. The molecule has 33 heavy (non-hydrogen) atoms. The van der Waals surface area contributed by atoms with Crippen LogP contribution in [0.5, 0.6) is 0 Å². The van der Waals surface area contributed by atoms with Crippen LogP contribution in [0.1, 0.15) is 11.1 Å². The molecule has 168 valence electrons. The fourth-order valence-electron chi connectivity index (χ4n) is 3.57.